The molecule has 152 valence electrons. The van der Waals surface area contributed by atoms with Crippen molar-refractivity contribution in [1.82, 2.24) is 5.01 Å². The topological polar surface area (TPSA) is 88.4 Å². The van der Waals surface area contributed by atoms with Crippen LogP contribution in [0.1, 0.15) is 48.5 Å². The van der Waals surface area contributed by atoms with Crippen LogP contribution in [0.2, 0.25) is 0 Å². The second-order valence-corrected chi connectivity index (χ2v) is 7.47. The number of aromatic carboxylic acids is 1. The highest BCUT2D eigenvalue weighted by Crippen LogP contribution is 2.44. The largest absolute Gasteiger partial charge is 0.478 e. The number of carboxylic acid groups (broad SMARTS) is 1. The molecule has 0 saturated carbocycles. The summed E-state index contributed by atoms with van der Waals surface area (Å²) >= 11 is 0. The summed E-state index contributed by atoms with van der Waals surface area (Å²) in [5.74, 6) is -0.383. The van der Waals surface area contributed by atoms with Gasteiger partial charge in [0, 0.05) is 19.2 Å². The number of hydrazone groups is 1. The van der Waals surface area contributed by atoms with Gasteiger partial charge < -0.3 is 14.6 Å². The Morgan fingerprint density at radius 2 is 2.00 bits per heavy atom. The Kier molecular flexibility index (Phi) is 6.67. The number of fused-ring (bicyclic) bond motifs is 2. The zero-order valence-electron chi connectivity index (χ0n) is 16.4. The van der Waals surface area contributed by atoms with Crippen LogP contribution in [-0.4, -0.2) is 54.3 Å². The molecule has 2 aliphatic rings. The maximum Gasteiger partial charge on any atom is 0.430 e. The molecule has 2 heterocycles. The number of aryl methyl sites for hydroxylation is 1. The third kappa shape index (κ3) is 4.70. The maximum atomic E-state index is 11.9. The second-order valence-electron chi connectivity index (χ2n) is 7.47. The average molecular weight is 388 g/mol. The Morgan fingerprint density at radius 3 is 2.68 bits per heavy atom. The summed E-state index contributed by atoms with van der Waals surface area (Å²) in [5.41, 5.74) is 1.42. The molecular formula is C21H28N2O5. The van der Waals surface area contributed by atoms with Crippen molar-refractivity contribution in [2.75, 3.05) is 13.7 Å². The minimum Gasteiger partial charge on any atom is -0.478 e. The summed E-state index contributed by atoms with van der Waals surface area (Å²) in [5, 5.41) is 14.5. The molecule has 0 aliphatic carbocycles. The smallest absolute Gasteiger partial charge is 0.430 e. The van der Waals surface area contributed by atoms with Crippen LogP contribution in [0.5, 0.6) is 0 Å². The van der Waals surface area contributed by atoms with E-state index in [-0.39, 0.29) is 18.1 Å². The van der Waals surface area contributed by atoms with Gasteiger partial charge >= 0.3 is 12.1 Å². The minimum atomic E-state index is -0.911. The first-order valence-corrected chi connectivity index (χ1v) is 9.92. The van der Waals surface area contributed by atoms with Crippen LogP contribution in [0, 0.1) is 11.8 Å². The fraction of sp³-hybridized carbons (Fsp3) is 0.571. The SMILES string of the molecule is CCCOC(=O)N(C)N=C[C@H]1[C@@H](CCc2ccc(C(=O)O)cc2)[C@H]2CC[C@@H]1O2. The van der Waals surface area contributed by atoms with Gasteiger partial charge in [-0.15, -0.1) is 0 Å². The lowest BCUT2D eigenvalue weighted by molar-refractivity contribution is 0.0696. The van der Waals surface area contributed by atoms with Crippen LogP contribution in [0.15, 0.2) is 29.4 Å². The summed E-state index contributed by atoms with van der Waals surface area (Å²) in [7, 11) is 1.60. The highest BCUT2D eigenvalue weighted by molar-refractivity contribution is 5.87. The van der Waals surface area contributed by atoms with E-state index in [4.69, 9.17) is 14.6 Å². The van der Waals surface area contributed by atoms with Crippen LogP contribution >= 0.6 is 0 Å². The average Bonchev–Trinajstić information content (AvgIpc) is 3.30. The van der Waals surface area contributed by atoms with Gasteiger partial charge in [-0.25, -0.2) is 14.6 Å². The third-order valence-electron chi connectivity index (χ3n) is 5.56. The van der Waals surface area contributed by atoms with Crippen molar-refractivity contribution in [3.8, 4) is 0 Å². The molecule has 7 nitrogen and oxygen atoms in total. The number of carbonyl (C=O) groups excluding carboxylic acids is 1. The Bertz CT molecular complexity index is 718. The molecule has 1 aromatic rings. The van der Waals surface area contributed by atoms with Gasteiger partial charge in [-0.1, -0.05) is 19.1 Å². The summed E-state index contributed by atoms with van der Waals surface area (Å²) < 4.78 is 11.2. The summed E-state index contributed by atoms with van der Waals surface area (Å²) in [6.07, 6.45) is 6.45. The van der Waals surface area contributed by atoms with E-state index in [1.807, 2.05) is 25.3 Å². The highest BCUT2D eigenvalue weighted by atomic mass is 16.6. The zero-order valence-corrected chi connectivity index (χ0v) is 16.4. The predicted molar refractivity (Wildman–Crippen MR) is 104 cm³/mol. The van der Waals surface area contributed by atoms with Gasteiger partial charge in [0.25, 0.3) is 0 Å². The Labute approximate surface area is 165 Å². The Hall–Kier alpha value is -2.41. The molecular weight excluding hydrogens is 360 g/mol. The molecule has 0 aromatic heterocycles. The normalized spacial score (nSPS) is 25.9. The number of benzene rings is 1. The van der Waals surface area contributed by atoms with E-state index in [1.165, 1.54) is 5.01 Å². The van der Waals surface area contributed by atoms with Crippen molar-refractivity contribution >= 4 is 18.3 Å². The van der Waals surface area contributed by atoms with Gasteiger partial charge in [0.15, 0.2) is 0 Å². The molecule has 7 heteroatoms. The monoisotopic (exact) mass is 388 g/mol. The number of ether oxygens (including phenoxy) is 2. The number of carboxylic acids is 1. The Balaban J connectivity index is 1.59. The quantitative estimate of drug-likeness (QED) is 0.543. The summed E-state index contributed by atoms with van der Waals surface area (Å²) in [6.45, 7) is 2.34. The van der Waals surface area contributed by atoms with Crippen LogP contribution in [0.25, 0.3) is 0 Å². The number of nitrogens with zero attached hydrogens (tertiary/aromatic N) is 2. The highest BCUT2D eigenvalue weighted by Gasteiger charge is 2.47. The molecule has 1 N–H and O–H groups in total. The third-order valence-corrected chi connectivity index (χ3v) is 5.56. The number of carbonyl (C=O) groups is 2. The molecule has 28 heavy (non-hydrogen) atoms. The molecule has 2 aliphatic heterocycles. The zero-order chi connectivity index (χ0) is 20.1. The van der Waals surface area contributed by atoms with Gasteiger partial charge in [0.1, 0.15) is 0 Å². The predicted octanol–water partition coefficient (Wildman–Crippen LogP) is 3.58. The molecule has 0 spiro atoms. The number of amides is 1. The van der Waals surface area contributed by atoms with Crippen LogP contribution in [-0.2, 0) is 15.9 Å². The molecule has 2 saturated heterocycles. The van der Waals surface area contributed by atoms with E-state index in [0.29, 0.717) is 18.1 Å². The van der Waals surface area contributed by atoms with E-state index in [0.717, 1.165) is 37.7 Å². The Morgan fingerprint density at radius 1 is 1.29 bits per heavy atom. The molecule has 1 amide bonds. The van der Waals surface area contributed by atoms with E-state index in [1.54, 1.807) is 19.2 Å². The first-order chi connectivity index (χ1) is 13.5. The van der Waals surface area contributed by atoms with Crippen molar-refractivity contribution in [1.29, 1.82) is 0 Å². The van der Waals surface area contributed by atoms with Crippen molar-refractivity contribution in [2.45, 2.75) is 51.2 Å². The van der Waals surface area contributed by atoms with Crippen LogP contribution < -0.4 is 0 Å². The van der Waals surface area contributed by atoms with Gasteiger partial charge in [-0.05, 0) is 55.7 Å². The molecule has 2 bridgehead atoms. The standard InChI is InChI=1S/C21H28N2O5/c1-3-12-27-21(26)23(2)22-13-17-16(18-10-11-19(17)28-18)9-6-14-4-7-15(8-5-14)20(24)25/h4-5,7-8,13,16-19H,3,6,9-12H2,1-2H3,(H,24,25)/t16-,17+,18-,19+/m1/s1. The van der Waals surface area contributed by atoms with E-state index < -0.39 is 12.1 Å². The summed E-state index contributed by atoms with van der Waals surface area (Å²) in [6, 6.07) is 7.03. The number of hydrogen-bond acceptors (Lipinski definition) is 5. The van der Waals surface area contributed by atoms with Gasteiger partial charge in [0.2, 0.25) is 0 Å². The molecule has 0 unspecified atom stereocenters. The molecule has 0 radical (unpaired) electrons. The first-order valence-electron chi connectivity index (χ1n) is 9.92. The van der Waals surface area contributed by atoms with Gasteiger partial charge in [0.05, 0.1) is 24.4 Å². The number of rotatable bonds is 8. The molecule has 2 fully saturated rings. The van der Waals surface area contributed by atoms with Gasteiger partial charge in [-0.2, -0.15) is 5.10 Å². The molecule has 1 aromatic carbocycles. The first kappa shape index (κ1) is 20.3. The lowest BCUT2D eigenvalue weighted by Gasteiger charge is -2.25. The molecule has 4 atom stereocenters. The van der Waals surface area contributed by atoms with Crippen LogP contribution in [0.4, 0.5) is 4.79 Å². The molecule has 3 rings (SSSR count). The minimum absolute atomic E-state index is 0.160. The second kappa shape index (κ2) is 9.19. The lowest BCUT2D eigenvalue weighted by Crippen LogP contribution is -2.30. The van der Waals surface area contributed by atoms with Crippen molar-refractivity contribution in [3.63, 3.8) is 0 Å². The maximum absolute atomic E-state index is 11.9. The van der Waals surface area contributed by atoms with E-state index in [2.05, 4.69) is 5.10 Å². The summed E-state index contributed by atoms with van der Waals surface area (Å²) in [4.78, 5) is 22.8. The van der Waals surface area contributed by atoms with E-state index >= 15 is 0 Å². The number of hydrogen-bond donors (Lipinski definition) is 1. The lowest BCUT2D eigenvalue weighted by atomic mass is 9.77. The van der Waals surface area contributed by atoms with Crippen molar-refractivity contribution in [2.24, 2.45) is 16.9 Å². The fourth-order valence-corrected chi connectivity index (χ4v) is 4.05. The van der Waals surface area contributed by atoms with E-state index in [9.17, 15) is 9.59 Å². The van der Waals surface area contributed by atoms with Crippen molar-refractivity contribution in [3.05, 3.63) is 35.4 Å². The fourth-order valence-electron chi connectivity index (χ4n) is 4.05. The van der Waals surface area contributed by atoms with Crippen LogP contribution in [0.3, 0.4) is 0 Å². The van der Waals surface area contributed by atoms with Gasteiger partial charge in [-0.3, -0.25) is 0 Å². The van der Waals surface area contributed by atoms with Crippen molar-refractivity contribution < 1.29 is 24.2 Å².